The number of rotatable bonds is 6. The number of carbonyl (C=O) groups is 2. The molecule has 0 fully saturated rings. The third kappa shape index (κ3) is 36.2. The summed E-state index contributed by atoms with van der Waals surface area (Å²) in [7, 11) is -4.67. The highest BCUT2D eigenvalue weighted by atomic mass is 32.3. The second kappa shape index (κ2) is 11.3. The topological polar surface area (TPSA) is 133 Å². The summed E-state index contributed by atoms with van der Waals surface area (Å²) in [5.74, 6) is 1.78. The molecule has 0 aliphatic heterocycles. The lowest BCUT2D eigenvalue weighted by atomic mass is 10.6. The number of hydrogen-bond acceptors (Lipinski definition) is 5. The fraction of sp³-hybridized carbons (Fsp3) is 0.750. The fourth-order valence-corrected chi connectivity index (χ4v) is 1.40. The van der Waals surface area contributed by atoms with Gasteiger partial charge in [-0.3, -0.25) is 18.7 Å². The van der Waals surface area contributed by atoms with E-state index < -0.39 is 10.4 Å². The molecule has 4 N–H and O–H groups in total. The van der Waals surface area contributed by atoms with E-state index in [1.807, 2.05) is 0 Å². The van der Waals surface area contributed by atoms with E-state index in [0.717, 1.165) is 11.5 Å². The zero-order valence-electron chi connectivity index (χ0n) is 10.2. The van der Waals surface area contributed by atoms with Gasteiger partial charge in [-0.2, -0.15) is 20.2 Å². The van der Waals surface area contributed by atoms with Crippen molar-refractivity contribution in [1.82, 2.24) is 10.6 Å². The number of hydrogen-bond donors (Lipinski definition) is 4. The molecule has 0 radical (unpaired) electrons. The highest BCUT2D eigenvalue weighted by Crippen LogP contribution is 1.95. The normalized spacial score (nSPS) is 10.0. The van der Waals surface area contributed by atoms with Crippen LogP contribution in [0.1, 0.15) is 13.8 Å². The lowest BCUT2D eigenvalue weighted by Crippen LogP contribution is -2.24. The summed E-state index contributed by atoms with van der Waals surface area (Å²) >= 11 is 1.71. The average Bonchev–Trinajstić information content (AvgIpc) is 2.12. The maximum atomic E-state index is 10.4. The molecule has 0 aromatic heterocycles. The Hall–Kier alpha value is -0.840. The number of amides is 2. The minimum absolute atomic E-state index is 0.00228. The Labute approximate surface area is 110 Å². The molecule has 2 amide bonds. The van der Waals surface area contributed by atoms with Gasteiger partial charge in [0.15, 0.2) is 0 Å². The number of thioether (sulfide) groups is 1. The van der Waals surface area contributed by atoms with Gasteiger partial charge in [0.1, 0.15) is 0 Å². The summed E-state index contributed by atoms with van der Waals surface area (Å²) in [6, 6.07) is 0. The number of nitrogens with one attached hydrogen (secondary N) is 2. The van der Waals surface area contributed by atoms with Crippen LogP contribution in [-0.4, -0.2) is 53.9 Å². The molecule has 0 aromatic carbocycles. The van der Waals surface area contributed by atoms with Crippen molar-refractivity contribution in [2.24, 2.45) is 0 Å². The highest BCUT2D eigenvalue weighted by Gasteiger charge is 1.92. The first-order chi connectivity index (χ1) is 8.13. The molecule has 0 bridgehead atoms. The molecular weight excluding hydrogens is 284 g/mol. The Kier molecular flexibility index (Phi) is 12.2. The van der Waals surface area contributed by atoms with Crippen LogP contribution in [0.15, 0.2) is 0 Å². The van der Waals surface area contributed by atoms with Gasteiger partial charge in [-0.15, -0.1) is 0 Å². The standard InChI is InChI=1S/C8H16N2O2S.H2O4S/c1-7(11)9-3-5-13-6-4-10-8(2)12;1-5(2,3)4/h3-6H2,1-2H3,(H,9,11)(H,10,12);(H2,1,2,3,4). The van der Waals surface area contributed by atoms with Gasteiger partial charge >= 0.3 is 10.4 Å². The largest absolute Gasteiger partial charge is 0.394 e. The molecule has 0 aromatic rings. The van der Waals surface area contributed by atoms with Crippen LogP contribution < -0.4 is 10.6 Å². The summed E-state index contributed by atoms with van der Waals surface area (Å²) in [4.78, 5) is 20.9. The first kappa shape index (κ1) is 19.5. The molecule has 8 nitrogen and oxygen atoms in total. The van der Waals surface area contributed by atoms with E-state index >= 15 is 0 Å². The molecule has 10 heteroatoms. The van der Waals surface area contributed by atoms with Crippen LogP contribution in [0.25, 0.3) is 0 Å². The van der Waals surface area contributed by atoms with E-state index in [9.17, 15) is 9.59 Å². The van der Waals surface area contributed by atoms with Gasteiger partial charge in [0.25, 0.3) is 0 Å². The minimum atomic E-state index is -4.67. The second-order valence-corrected chi connectivity index (χ2v) is 5.15. The summed E-state index contributed by atoms with van der Waals surface area (Å²) in [5.41, 5.74) is 0. The van der Waals surface area contributed by atoms with E-state index in [0.29, 0.717) is 13.1 Å². The average molecular weight is 302 g/mol. The van der Waals surface area contributed by atoms with Crippen molar-refractivity contribution in [2.45, 2.75) is 13.8 Å². The maximum absolute atomic E-state index is 10.4. The molecule has 0 atom stereocenters. The predicted octanol–water partition coefficient (Wildman–Crippen LogP) is -0.661. The van der Waals surface area contributed by atoms with Crippen LogP contribution in [0.2, 0.25) is 0 Å². The minimum Gasteiger partial charge on any atom is -0.356 e. The van der Waals surface area contributed by atoms with Crippen LogP contribution in [0, 0.1) is 0 Å². The van der Waals surface area contributed by atoms with E-state index in [4.69, 9.17) is 17.5 Å². The quantitative estimate of drug-likeness (QED) is 0.378. The molecule has 0 aliphatic carbocycles. The fourth-order valence-electron chi connectivity index (χ4n) is 0.701. The van der Waals surface area contributed by atoms with Crippen LogP contribution in [0.4, 0.5) is 0 Å². The van der Waals surface area contributed by atoms with Crippen LogP contribution in [-0.2, 0) is 20.0 Å². The molecule has 0 rings (SSSR count). The van der Waals surface area contributed by atoms with E-state index in [1.54, 1.807) is 11.8 Å². The molecule has 0 aliphatic rings. The lowest BCUT2D eigenvalue weighted by Gasteiger charge is -2.02. The van der Waals surface area contributed by atoms with Crippen molar-refractivity contribution in [1.29, 1.82) is 0 Å². The molecule has 0 saturated carbocycles. The van der Waals surface area contributed by atoms with E-state index in [1.165, 1.54) is 13.8 Å². The summed E-state index contributed by atoms with van der Waals surface area (Å²) < 4.78 is 31.6. The Balaban J connectivity index is 0. The van der Waals surface area contributed by atoms with Crippen LogP contribution in [0.3, 0.4) is 0 Å². The van der Waals surface area contributed by atoms with Gasteiger partial charge < -0.3 is 10.6 Å². The van der Waals surface area contributed by atoms with E-state index in [-0.39, 0.29) is 11.8 Å². The zero-order chi connectivity index (χ0) is 14.6. The van der Waals surface area contributed by atoms with Crippen LogP contribution >= 0.6 is 11.8 Å². The Bertz CT molecular complexity index is 317. The Morgan fingerprint density at radius 2 is 1.28 bits per heavy atom. The van der Waals surface area contributed by atoms with Gasteiger partial charge in [0.05, 0.1) is 0 Å². The summed E-state index contributed by atoms with van der Waals surface area (Å²) in [6.07, 6.45) is 0. The maximum Gasteiger partial charge on any atom is 0.394 e. The first-order valence-corrected chi connectivity index (χ1v) is 7.44. The molecular formula is C8H18N2O6S2. The van der Waals surface area contributed by atoms with Gasteiger partial charge in [-0.25, -0.2) is 0 Å². The molecule has 0 unspecified atom stereocenters. The molecule has 0 saturated heterocycles. The molecule has 0 heterocycles. The smallest absolute Gasteiger partial charge is 0.356 e. The highest BCUT2D eigenvalue weighted by molar-refractivity contribution is 7.99. The zero-order valence-corrected chi connectivity index (χ0v) is 11.8. The third-order valence-electron chi connectivity index (χ3n) is 1.24. The van der Waals surface area contributed by atoms with Crippen molar-refractivity contribution in [3.05, 3.63) is 0 Å². The second-order valence-electron chi connectivity index (χ2n) is 3.03. The molecule has 0 spiro atoms. The Morgan fingerprint density at radius 3 is 1.50 bits per heavy atom. The van der Waals surface area contributed by atoms with Gasteiger partial charge in [0.2, 0.25) is 11.8 Å². The first-order valence-electron chi connectivity index (χ1n) is 4.89. The summed E-state index contributed by atoms with van der Waals surface area (Å²) in [6.45, 7) is 4.39. The third-order valence-corrected chi connectivity index (χ3v) is 2.23. The van der Waals surface area contributed by atoms with Gasteiger partial charge in [-0.05, 0) is 0 Å². The lowest BCUT2D eigenvalue weighted by molar-refractivity contribution is -0.119. The van der Waals surface area contributed by atoms with E-state index in [2.05, 4.69) is 10.6 Å². The van der Waals surface area contributed by atoms with Crippen molar-refractivity contribution < 1.29 is 27.1 Å². The van der Waals surface area contributed by atoms with Crippen molar-refractivity contribution >= 4 is 34.0 Å². The van der Waals surface area contributed by atoms with Gasteiger partial charge in [0, 0.05) is 38.4 Å². The van der Waals surface area contributed by atoms with Gasteiger partial charge in [-0.1, -0.05) is 0 Å². The van der Waals surface area contributed by atoms with Crippen molar-refractivity contribution in [3.63, 3.8) is 0 Å². The van der Waals surface area contributed by atoms with Crippen molar-refractivity contribution in [2.75, 3.05) is 24.6 Å². The molecule has 18 heavy (non-hydrogen) atoms. The van der Waals surface area contributed by atoms with Crippen molar-refractivity contribution in [3.8, 4) is 0 Å². The van der Waals surface area contributed by atoms with Crippen LogP contribution in [0.5, 0.6) is 0 Å². The Morgan fingerprint density at radius 1 is 1.00 bits per heavy atom. The predicted molar refractivity (Wildman–Crippen MR) is 68.9 cm³/mol. The summed E-state index contributed by atoms with van der Waals surface area (Å²) in [5, 5.41) is 5.40. The SMILES string of the molecule is CC(=O)NCCSCCNC(C)=O.O=S(=O)(O)O. The molecule has 108 valence electrons. The monoisotopic (exact) mass is 302 g/mol. The number of carbonyl (C=O) groups excluding carboxylic acids is 2.